The van der Waals surface area contributed by atoms with E-state index in [2.05, 4.69) is 33.2 Å². The van der Waals surface area contributed by atoms with Crippen LogP contribution in [0.5, 0.6) is 11.5 Å². The standard InChI is InChI=1S/C26H21BrCl2N2O3S/c1-3-15-4-8-19(9-5-15)30-26-31-25(32)23(35-26)12-16-10-20(27)24(22(11-16)33-2)34-14-17-6-7-18(28)13-21(17)29/h4-13H,3,14H2,1-2H3,(H,30,31,32)/b23-12-. The van der Waals surface area contributed by atoms with Gasteiger partial charge in [-0.1, -0.05) is 48.3 Å². The maximum atomic E-state index is 12.5. The molecule has 35 heavy (non-hydrogen) atoms. The van der Waals surface area contributed by atoms with Crippen molar-refractivity contribution in [3.63, 3.8) is 0 Å². The van der Waals surface area contributed by atoms with Crippen molar-refractivity contribution in [2.24, 2.45) is 4.99 Å². The van der Waals surface area contributed by atoms with Crippen LogP contribution in [0.2, 0.25) is 10.0 Å². The minimum absolute atomic E-state index is 0.202. The summed E-state index contributed by atoms with van der Waals surface area (Å²) >= 11 is 17.1. The number of methoxy groups -OCH3 is 1. The van der Waals surface area contributed by atoms with Crippen molar-refractivity contribution in [1.82, 2.24) is 5.32 Å². The number of thioether (sulfide) groups is 1. The highest BCUT2D eigenvalue weighted by Crippen LogP contribution is 2.39. The number of aryl methyl sites for hydroxylation is 1. The first-order chi connectivity index (χ1) is 16.9. The number of carbonyl (C=O) groups excluding carboxylic acids is 1. The Kier molecular flexibility index (Phi) is 8.44. The van der Waals surface area contributed by atoms with Crippen LogP contribution in [0.25, 0.3) is 6.08 Å². The third-order valence-electron chi connectivity index (χ3n) is 5.16. The molecule has 0 unspecified atom stereocenters. The monoisotopic (exact) mass is 590 g/mol. The maximum absolute atomic E-state index is 12.5. The molecule has 1 heterocycles. The molecule has 0 aliphatic carbocycles. The van der Waals surface area contributed by atoms with E-state index in [1.807, 2.05) is 42.5 Å². The van der Waals surface area contributed by atoms with Crippen LogP contribution in [0.3, 0.4) is 0 Å². The van der Waals surface area contributed by atoms with Gasteiger partial charge in [0.15, 0.2) is 16.7 Å². The fourth-order valence-electron chi connectivity index (χ4n) is 3.31. The Morgan fingerprint density at radius 3 is 2.57 bits per heavy atom. The summed E-state index contributed by atoms with van der Waals surface area (Å²) in [7, 11) is 1.56. The molecule has 0 saturated carbocycles. The Hall–Kier alpha value is -2.45. The van der Waals surface area contributed by atoms with E-state index in [-0.39, 0.29) is 12.5 Å². The highest BCUT2D eigenvalue weighted by atomic mass is 79.9. The van der Waals surface area contributed by atoms with Crippen LogP contribution in [0.15, 0.2) is 69.0 Å². The van der Waals surface area contributed by atoms with Crippen LogP contribution in [0.4, 0.5) is 5.69 Å². The zero-order chi connectivity index (χ0) is 24.9. The highest BCUT2D eigenvalue weighted by Gasteiger charge is 2.24. The van der Waals surface area contributed by atoms with E-state index in [4.69, 9.17) is 32.7 Å². The van der Waals surface area contributed by atoms with E-state index in [1.54, 1.807) is 25.3 Å². The molecular weight excluding hydrogens is 571 g/mol. The Morgan fingerprint density at radius 1 is 1.11 bits per heavy atom. The first-order valence-electron chi connectivity index (χ1n) is 10.7. The molecule has 0 spiro atoms. The number of aliphatic imine (C=N–C) groups is 1. The predicted molar refractivity (Wildman–Crippen MR) is 148 cm³/mol. The van der Waals surface area contributed by atoms with Crippen LogP contribution in [-0.2, 0) is 17.8 Å². The molecule has 180 valence electrons. The summed E-state index contributed by atoms with van der Waals surface area (Å²) in [6.45, 7) is 2.34. The molecule has 1 aliphatic heterocycles. The quantitative estimate of drug-likeness (QED) is 0.285. The Bertz CT molecular complexity index is 1330. The summed E-state index contributed by atoms with van der Waals surface area (Å²) in [6, 6.07) is 16.9. The summed E-state index contributed by atoms with van der Waals surface area (Å²) in [5, 5.41) is 4.44. The van der Waals surface area contributed by atoms with Crippen LogP contribution < -0.4 is 14.8 Å². The van der Waals surface area contributed by atoms with Crippen molar-refractivity contribution in [1.29, 1.82) is 0 Å². The minimum atomic E-state index is -0.202. The molecule has 0 aromatic heterocycles. The van der Waals surface area contributed by atoms with Crippen LogP contribution in [0, 0.1) is 0 Å². The van der Waals surface area contributed by atoms with Gasteiger partial charge in [-0.25, -0.2) is 4.99 Å². The maximum Gasteiger partial charge on any atom is 0.264 e. The van der Waals surface area contributed by atoms with E-state index in [9.17, 15) is 4.79 Å². The van der Waals surface area contributed by atoms with Crippen molar-refractivity contribution >= 4 is 73.7 Å². The number of amides is 1. The lowest BCUT2D eigenvalue weighted by molar-refractivity contribution is -0.115. The summed E-state index contributed by atoms with van der Waals surface area (Å²) in [5.74, 6) is 0.846. The van der Waals surface area contributed by atoms with Gasteiger partial charge in [-0.15, -0.1) is 0 Å². The molecule has 1 N–H and O–H groups in total. The fraction of sp³-hybridized carbons (Fsp3) is 0.154. The molecule has 0 bridgehead atoms. The number of amidine groups is 1. The molecule has 0 atom stereocenters. The van der Waals surface area contributed by atoms with E-state index < -0.39 is 0 Å². The number of halogens is 3. The second kappa shape index (κ2) is 11.5. The third-order valence-corrected chi connectivity index (χ3v) is 7.25. The lowest BCUT2D eigenvalue weighted by atomic mass is 10.1. The molecule has 1 amide bonds. The number of nitrogens with one attached hydrogen (secondary N) is 1. The number of hydrogen-bond acceptors (Lipinski definition) is 5. The van der Waals surface area contributed by atoms with Gasteiger partial charge < -0.3 is 14.8 Å². The molecule has 5 nitrogen and oxygen atoms in total. The summed E-state index contributed by atoms with van der Waals surface area (Å²) in [4.78, 5) is 17.6. The first kappa shape index (κ1) is 25.6. The number of ether oxygens (including phenoxy) is 2. The smallest absolute Gasteiger partial charge is 0.264 e. The van der Waals surface area contributed by atoms with Gasteiger partial charge in [-0.2, -0.15) is 0 Å². The van der Waals surface area contributed by atoms with Gasteiger partial charge in [0.05, 0.1) is 22.2 Å². The number of nitrogens with zero attached hydrogens (tertiary/aromatic N) is 1. The number of carbonyl (C=O) groups is 1. The van der Waals surface area contributed by atoms with E-state index in [0.29, 0.717) is 36.1 Å². The summed E-state index contributed by atoms with van der Waals surface area (Å²) in [6.07, 6.45) is 2.75. The second-order valence-corrected chi connectivity index (χ2v) is 10.3. The Balaban J connectivity index is 1.52. The van der Waals surface area contributed by atoms with E-state index in [1.165, 1.54) is 17.3 Å². The number of rotatable bonds is 7. The zero-order valence-electron chi connectivity index (χ0n) is 18.9. The molecule has 3 aromatic carbocycles. The van der Waals surface area contributed by atoms with Crippen LogP contribution >= 0.6 is 50.9 Å². The minimum Gasteiger partial charge on any atom is -0.493 e. The normalized spacial score (nSPS) is 15.5. The van der Waals surface area contributed by atoms with Gasteiger partial charge >= 0.3 is 0 Å². The van der Waals surface area contributed by atoms with Crippen molar-refractivity contribution in [2.75, 3.05) is 7.11 Å². The third kappa shape index (κ3) is 6.41. The van der Waals surface area contributed by atoms with Crippen molar-refractivity contribution in [2.45, 2.75) is 20.0 Å². The zero-order valence-corrected chi connectivity index (χ0v) is 22.8. The molecule has 4 rings (SSSR count). The van der Waals surface area contributed by atoms with E-state index >= 15 is 0 Å². The molecule has 9 heteroatoms. The Labute approximate surface area is 226 Å². The molecule has 1 fully saturated rings. The van der Waals surface area contributed by atoms with Gasteiger partial charge in [0.25, 0.3) is 5.91 Å². The average Bonchev–Trinajstić information content (AvgIpc) is 3.17. The summed E-state index contributed by atoms with van der Waals surface area (Å²) < 4.78 is 12.2. The highest BCUT2D eigenvalue weighted by molar-refractivity contribution is 9.10. The van der Waals surface area contributed by atoms with Crippen LogP contribution in [-0.4, -0.2) is 18.2 Å². The second-order valence-electron chi connectivity index (χ2n) is 7.56. The van der Waals surface area contributed by atoms with Gasteiger partial charge in [0.1, 0.15) is 6.61 Å². The van der Waals surface area contributed by atoms with Crippen molar-refractivity contribution in [3.05, 3.63) is 90.7 Å². The fourth-order valence-corrected chi connectivity index (χ4v) is 5.19. The molecule has 1 aliphatic rings. The lowest BCUT2D eigenvalue weighted by Gasteiger charge is -2.14. The Morgan fingerprint density at radius 2 is 1.89 bits per heavy atom. The van der Waals surface area contributed by atoms with Crippen molar-refractivity contribution < 1.29 is 14.3 Å². The van der Waals surface area contributed by atoms with Crippen molar-refractivity contribution in [3.8, 4) is 11.5 Å². The lowest BCUT2D eigenvalue weighted by Crippen LogP contribution is -2.19. The molecule has 1 saturated heterocycles. The largest absolute Gasteiger partial charge is 0.493 e. The van der Waals surface area contributed by atoms with Gasteiger partial charge in [0, 0.05) is 15.6 Å². The first-order valence-corrected chi connectivity index (χ1v) is 13.1. The molecule has 3 aromatic rings. The van der Waals surface area contributed by atoms with Gasteiger partial charge in [-0.3, -0.25) is 4.79 Å². The number of hydrogen-bond donors (Lipinski definition) is 1. The van der Waals surface area contributed by atoms with Gasteiger partial charge in [0.2, 0.25) is 0 Å². The van der Waals surface area contributed by atoms with Crippen LogP contribution in [0.1, 0.15) is 23.6 Å². The van der Waals surface area contributed by atoms with E-state index in [0.717, 1.165) is 23.2 Å². The SMILES string of the molecule is CCc1ccc(N=C2NC(=O)/C(=C/c3cc(Br)c(OCc4ccc(Cl)cc4Cl)c(OC)c3)S2)cc1. The molecule has 0 radical (unpaired) electrons. The predicted octanol–water partition coefficient (Wildman–Crippen LogP) is 7.80. The topological polar surface area (TPSA) is 59.9 Å². The summed E-state index contributed by atoms with van der Waals surface area (Å²) in [5.41, 5.74) is 3.60. The average molecular weight is 592 g/mol. The number of benzene rings is 3. The van der Waals surface area contributed by atoms with Gasteiger partial charge in [-0.05, 0) is 87.7 Å². The molecular formula is C26H21BrCl2N2O3S.